The van der Waals surface area contributed by atoms with Gasteiger partial charge in [-0.15, -0.1) is 0 Å². The van der Waals surface area contributed by atoms with Crippen molar-refractivity contribution in [2.24, 2.45) is 0 Å². The maximum absolute atomic E-state index is 9.43. The van der Waals surface area contributed by atoms with Crippen LogP contribution < -0.4 is 0 Å². The van der Waals surface area contributed by atoms with Gasteiger partial charge in [0.15, 0.2) is 6.29 Å². The van der Waals surface area contributed by atoms with E-state index in [9.17, 15) is 5.11 Å². The average Bonchev–Trinajstić information content (AvgIpc) is 3.02. The van der Waals surface area contributed by atoms with Gasteiger partial charge in [0.25, 0.3) is 0 Å². The molecular weight excluding hydrogens is 319 g/mol. The smallest absolute Gasteiger partial charge is 0.210 e. The molecule has 0 bridgehead atoms. The quantitative estimate of drug-likeness (QED) is 0.853. The standard InChI is InChI=1S/C14H20Cl2O5/c15-11-12(16)14(19-7-8-20-14)9-13(11,4-5-17)21-10-3-1-2-6-18-10/h10,17H,1-9H2. The van der Waals surface area contributed by atoms with Crippen molar-refractivity contribution >= 4 is 23.2 Å². The molecule has 3 rings (SSSR count). The van der Waals surface area contributed by atoms with Crippen molar-refractivity contribution in [2.45, 2.75) is 49.8 Å². The van der Waals surface area contributed by atoms with Crippen LogP contribution in [-0.2, 0) is 18.9 Å². The predicted octanol–water partition coefficient (Wildman–Crippen LogP) is 2.49. The summed E-state index contributed by atoms with van der Waals surface area (Å²) in [6.45, 7) is 1.54. The first-order chi connectivity index (χ1) is 10.1. The summed E-state index contributed by atoms with van der Waals surface area (Å²) in [4.78, 5) is 0. The molecule has 0 saturated carbocycles. The molecule has 1 spiro atoms. The summed E-state index contributed by atoms with van der Waals surface area (Å²) < 4.78 is 23.1. The molecule has 2 unspecified atom stereocenters. The molecule has 0 aromatic heterocycles. The van der Waals surface area contributed by atoms with E-state index < -0.39 is 11.4 Å². The van der Waals surface area contributed by atoms with Crippen molar-refractivity contribution in [1.82, 2.24) is 0 Å². The van der Waals surface area contributed by atoms with Gasteiger partial charge >= 0.3 is 0 Å². The molecule has 2 aliphatic heterocycles. The number of rotatable bonds is 4. The second kappa shape index (κ2) is 6.32. The Kier molecular flexibility index (Phi) is 4.81. The fourth-order valence-electron chi connectivity index (χ4n) is 3.17. The molecule has 120 valence electrons. The first kappa shape index (κ1) is 16.0. The topological polar surface area (TPSA) is 57.2 Å². The summed E-state index contributed by atoms with van der Waals surface area (Å²) in [7, 11) is 0. The highest BCUT2D eigenvalue weighted by Crippen LogP contribution is 2.54. The van der Waals surface area contributed by atoms with E-state index in [4.69, 9.17) is 42.1 Å². The highest BCUT2D eigenvalue weighted by atomic mass is 35.5. The molecule has 2 atom stereocenters. The molecule has 0 aromatic rings. The minimum absolute atomic E-state index is 0.0663. The van der Waals surface area contributed by atoms with E-state index in [-0.39, 0.29) is 12.9 Å². The van der Waals surface area contributed by atoms with Gasteiger partial charge < -0.3 is 24.1 Å². The highest BCUT2D eigenvalue weighted by Gasteiger charge is 2.58. The molecule has 0 amide bonds. The van der Waals surface area contributed by atoms with Crippen molar-refractivity contribution in [1.29, 1.82) is 0 Å². The van der Waals surface area contributed by atoms with E-state index in [1.165, 1.54) is 0 Å². The van der Waals surface area contributed by atoms with E-state index in [1.807, 2.05) is 0 Å². The van der Waals surface area contributed by atoms with Crippen LogP contribution in [0.2, 0.25) is 0 Å². The Morgan fingerprint density at radius 1 is 1.14 bits per heavy atom. The van der Waals surface area contributed by atoms with E-state index in [0.717, 1.165) is 19.3 Å². The van der Waals surface area contributed by atoms with Gasteiger partial charge in [0, 0.05) is 26.1 Å². The van der Waals surface area contributed by atoms with Crippen molar-refractivity contribution < 1.29 is 24.1 Å². The van der Waals surface area contributed by atoms with E-state index >= 15 is 0 Å². The fourth-order valence-corrected chi connectivity index (χ4v) is 3.87. The predicted molar refractivity (Wildman–Crippen MR) is 77.1 cm³/mol. The SMILES string of the molecule is OCCC1(OC2CCCCO2)CC2(OCCO2)C(Cl)=C1Cl. The molecule has 21 heavy (non-hydrogen) atoms. The number of aliphatic hydroxyl groups is 1. The summed E-state index contributed by atoms with van der Waals surface area (Å²) in [5, 5.41) is 10.1. The van der Waals surface area contributed by atoms with E-state index in [2.05, 4.69) is 0 Å². The van der Waals surface area contributed by atoms with Crippen LogP contribution in [0.1, 0.15) is 32.1 Å². The van der Waals surface area contributed by atoms with Crippen molar-refractivity contribution in [2.75, 3.05) is 26.4 Å². The van der Waals surface area contributed by atoms with Gasteiger partial charge in [-0.25, -0.2) is 0 Å². The van der Waals surface area contributed by atoms with Gasteiger partial charge in [-0.3, -0.25) is 0 Å². The summed E-state index contributed by atoms with van der Waals surface area (Å²) >= 11 is 12.8. The summed E-state index contributed by atoms with van der Waals surface area (Å²) in [5.74, 6) is -1.03. The first-order valence-electron chi connectivity index (χ1n) is 7.36. The molecular formula is C14H20Cl2O5. The Morgan fingerprint density at radius 3 is 2.52 bits per heavy atom. The van der Waals surface area contributed by atoms with Crippen LogP contribution in [0.15, 0.2) is 10.1 Å². The van der Waals surface area contributed by atoms with Crippen molar-refractivity contribution in [3.63, 3.8) is 0 Å². The van der Waals surface area contributed by atoms with Crippen LogP contribution in [0.3, 0.4) is 0 Å². The second-order valence-corrected chi connectivity index (χ2v) is 6.39. The number of aliphatic hydroxyl groups excluding tert-OH is 1. The molecule has 0 radical (unpaired) electrons. The highest BCUT2D eigenvalue weighted by molar-refractivity contribution is 6.41. The monoisotopic (exact) mass is 338 g/mol. The number of hydrogen-bond acceptors (Lipinski definition) is 5. The Balaban J connectivity index is 1.83. The maximum atomic E-state index is 9.43. The Hall–Kier alpha value is 0.120. The van der Waals surface area contributed by atoms with Gasteiger partial charge in [-0.2, -0.15) is 0 Å². The zero-order valence-corrected chi connectivity index (χ0v) is 13.3. The summed E-state index contributed by atoms with van der Waals surface area (Å²) in [6, 6.07) is 0. The third-order valence-electron chi connectivity index (χ3n) is 4.21. The lowest BCUT2D eigenvalue weighted by molar-refractivity contribution is -0.234. The van der Waals surface area contributed by atoms with Crippen LogP contribution in [-0.4, -0.2) is 49.2 Å². The van der Waals surface area contributed by atoms with Gasteiger partial charge in [-0.05, 0) is 19.3 Å². The van der Waals surface area contributed by atoms with Crippen LogP contribution in [0.4, 0.5) is 0 Å². The number of halogens is 2. The van der Waals surface area contributed by atoms with Crippen LogP contribution >= 0.6 is 23.2 Å². The van der Waals surface area contributed by atoms with Crippen LogP contribution in [0, 0.1) is 0 Å². The summed E-state index contributed by atoms with van der Waals surface area (Å²) in [6.07, 6.45) is 3.23. The molecule has 2 saturated heterocycles. The van der Waals surface area contributed by atoms with Crippen LogP contribution in [0.5, 0.6) is 0 Å². The molecule has 1 aliphatic carbocycles. The van der Waals surface area contributed by atoms with Crippen LogP contribution in [0.25, 0.3) is 0 Å². The third-order valence-corrected chi connectivity index (χ3v) is 5.32. The van der Waals surface area contributed by atoms with E-state index in [0.29, 0.717) is 42.7 Å². The molecule has 1 N–H and O–H groups in total. The minimum Gasteiger partial charge on any atom is -0.396 e. The number of ether oxygens (including phenoxy) is 4. The van der Waals surface area contributed by atoms with E-state index in [1.54, 1.807) is 0 Å². The lowest BCUT2D eigenvalue weighted by Crippen LogP contribution is -2.42. The second-order valence-electron chi connectivity index (χ2n) is 5.64. The summed E-state index contributed by atoms with van der Waals surface area (Å²) in [5.41, 5.74) is -0.903. The molecule has 7 heteroatoms. The molecule has 2 fully saturated rings. The third kappa shape index (κ3) is 2.85. The average molecular weight is 339 g/mol. The lowest BCUT2D eigenvalue weighted by Gasteiger charge is -2.36. The maximum Gasteiger partial charge on any atom is 0.210 e. The van der Waals surface area contributed by atoms with Gasteiger partial charge in [0.2, 0.25) is 5.79 Å². The minimum atomic E-state index is -1.03. The Morgan fingerprint density at radius 2 is 1.90 bits per heavy atom. The zero-order valence-electron chi connectivity index (χ0n) is 11.8. The van der Waals surface area contributed by atoms with Gasteiger partial charge in [0.05, 0.1) is 23.3 Å². The van der Waals surface area contributed by atoms with Gasteiger partial charge in [0.1, 0.15) is 5.60 Å². The van der Waals surface area contributed by atoms with Crippen molar-refractivity contribution in [3.05, 3.63) is 10.1 Å². The Labute approximate surface area is 134 Å². The van der Waals surface area contributed by atoms with Gasteiger partial charge in [-0.1, -0.05) is 23.2 Å². The largest absolute Gasteiger partial charge is 0.396 e. The zero-order chi connectivity index (χ0) is 14.9. The molecule has 3 aliphatic rings. The fraction of sp³-hybridized carbons (Fsp3) is 0.857. The van der Waals surface area contributed by atoms with Crippen molar-refractivity contribution in [3.8, 4) is 0 Å². The molecule has 5 nitrogen and oxygen atoms in total. The first-order valence-corrected chi connectivity index (χ1v) is 8.12. The normalized spacial score (nSPS) is 35.9. The Bertz CT molecular complexity index is 416. The lowest BCUT2D eigenvalue weighted by atomic mass is 9.97. The molecule has 0 aromatic carbocycles. The number of hydrogen-bond donors (Lipinski definition) is 1. The molecule has 2 heterocycles.